The van der Waals surface area contributed by atoms with Crippen molar-refractivity contribution >= 4 is 17.3 Å². The van der Waals surface area contributed by atoms with Gasteiger partial charge in [-0.15, -0.1) is 0 Å². The first-order valence-corrected chi connectivity index (χ1v) is 6.07. The molecule has 0 heterocycles. The summed E-state index contributed by atoms with van der Waals surface area (Å²) in [6.45, 7) is 2.17. The van der Waals surface area contributed by atoms with Gasteiger partial charge < -0.3 is 16.2 Å². The van der Waals surface area contributed by atoms with Crippen LogP contribution in [0.1, 0.15) is 36.5 Å². The molecular formula is C13H17FN2O2. The van der Waals surface area contributed by atoms with E-state index in [0.717, 1.165) is 19.3 Å². The lowest BCUT2D eigenvalue weighted by Crippen LogP contribution is -2.19. The first kappa shape index (κ1) is 12.7. The Labute approximate surface area is 105 Å². The molecule has 0 spiro atoms. The minimum atomic E-state index is -1.21. The molecule has 0 radical (unpaired) electrons. The van der Waals surface area contributed by atoms with E-state index < -0.39 is 11.8 Å². The van der Waals surface area contributed by atoms with Crippen molar-refractivity contribution in [2.45, 2.75) is 32.2 Å². The number of nitrogens with one attached hydrogen (secondary N) is 1. The lowest BCUT2D eigenvalue weighted by atomic mass is 10.1. The van der Waals surface area contributed by atoms with Crippen molar-refractivity contribution < 1.29 is 14.3 Å². The van der Waals surface area contributed by atoms with E-state index in [2.05, 4.69) is 12.2 Å². The van der Waals surface area contributed by atoms with Crippen LogP contribution in [0.15, 0.2) is 12.1 Å². The number of nitrogen functional groups attached to an aromatic ring is 1. The van der Waals surface area contributed by atoms with Crippen LogP contribution in [-0.2, 0) is 0 Å². The molecule has 5 heteroatoms. The number of benzene rings is 1. The molecule has 4 N–H and O–H groups in total. The van der Waals surface area contributed by atoms with E-state index in [1.165, 1.54) is 12.1 Å². The highest BCUT2D eigenvalue weighted by Crippen LogP contribution is 2.31. The molecule has 1 saturated carbocycles. The number of halogens is 1. The van der Waals surface area contributed by atoms with E-state index in [1.54, 1.807) is 0 Å². The highest BCUT2D eigenvalue weighted by molar-refractivity contribution is 6.00. The molecule has 1 fully saturated rings. The summed E-state index contributed by atoms with van der Waals surface area (Å²) in [5, 5.41) is 12.3. The van der Waals surface area contributed by atoms with Crippen LogP contribution in [0.25, 0.3) is 0 Å². The summed E-state index contributed by atoms with van der Waals surface area (Å²) in [5.74, 6) is -1.27. The Morgan fingerprint density at radius 2 is 2.22 bits per heavy atom. The van der Waals surface area contributed by atoms with Gasteiger partial charge in [0.15, 0.2) is 0 Å². The number of carboxylic acid groups (broad SMARTS) is 1. The van der Waals surface area contributed by atoms with Crippen LogP contribution in [0.3, 0.4) is 0 Å². The van der Waals surface area contributed by atoms with Crippen molar-refractivity contribution in [3.63, 3.8) is 0 Å². The van der Waals surface area contributed by atoms with Crippen LogP contribution in [-0.4, -0.2) is 17.1 Å². The first-order chi connectivity index (χ1) is 8.49. The summed E-state index contributed by atoms with van der Waals surface area (Å²) < 4.78 is 13.3. The Morgan fingerprint density at radius 3 is 2.78 bits per heavy atom. The molecule has 0 aliphatic heterocycles. The number of carboxylic acids is 1. The van der Waals surface area contributed by atoms with Gasteiger partial charge in [-0.1, -0.05) is 6.92 Å². The normalized spacial score (nSPS) is 23.0. The Hall–Kier alpha value is -1.78. The Balaban J connectivity index is 2.27. The summed E-state index contributed by atoms with van der Waals surface area (Å²) in [5.41, 5.74) is 5.41. The van der Waals surface area contributed by atoms with Gasteiger partial charge in [-0.2, -0.15) is 0 Å². The smallest absolute Gasteiger partial charge is 0.340 e. The second-order valence-electron chi connectivity index (χ2n) is 4.95. The zero-order valence-electron chi connectivity index (χ0n) is 10.2. The van der Waals surface area contributed by atoms with Crippen molar-refractivity contribution in [2.24, 2.45) is 5.92 Å². The third kappa shape index (κ3) is 2.39. The summed E-state index contributed by atoms with van der Waals surface area (Å²) in [6.07, 6.45) is 3.12. The van der Waals surface area contributed by atoms with Crippen LogP contribution in [0.2, 0.25) is 0 Å². The van der Waals surface area contributed by atoms with Crippen LogP contribution >= 0.6 is 0 Å². The number of anilines is 2. The molecule has 2 rings (SSSR count). The molecule has 4 nitrogen and oxygen atoms in total. The van der Waals surface area contributed by atoms with E-state index in [4.69, 9.17) is 10.8 Å². The van der Waals surface area contributed by atoms with Gasteiger partial charge >= 0.3 is 5.97 Å². The zero-order valence-corrected chi connectivity index (χ0v) is 10.2. The zero-order chi connectivity index (χ0) is 13.3. The summed E-state index contributed by atoms with van der Waals surface area (Å²) in [7, 11) is 0. The van der Waals surface area contributed by atoms with Gasteiger partial charge in [0.2, 0.25) is 0 Å². The van der Waals surface area contributed by atoms with E-state index in [-0.39, 0.29) is 17.3 Å². The van der Waals surface area contributed by atoms with Gasteiger partial charge in [0, 0.05) is 6.04 Å². The molecule has 1 aromatic carbocycles. The Morgan fingerprint density at radius 1 is 1.50 bits per heavy atom. The third-order valence-electron chi connectivity index (χ3n) is 3.46. The quantitative estimate of drug-likeness (QED) is 0.723. The fraction of sp³-hybridized carbons (Fsp3) is 0.462. The molecule has 0 amide bonds. The van der Waals surface area contributed by atoms with Gasteiger partial charge in [-0.05, 0) is 37.3 Å². The number of carbonyl (C=O) groups is 1. The highest BCUT2D eigenvalue weighted by atomic mass is 19.1. The van der Waals surface area contributed by atoms with Crippen LogP contribution in [0.5, 0.6) is 0 Å². The highest BCUT2D eigenvalue weighted by Gasteiger charge is 2.24. The minimum absolute atomic E-state index is 0.172. The molecular weight excluding hydrogens is 235 g/mol. The van der Waals surface area contributed by atoms with Gasteiger partial charge in [-0.3, -0.25) is 0 Å². The van der Waals surface area contributed by atoms with Gasteiger partial charge in [0.05, 0.1) is 11.4 Å². The lowest BCUT2D eigenvalue weighted by Gasteiger charge is -2.17. The summed E-state index contributed by atoms with van der Waals surface area (Å²) in [4.78, 5) is 11.1. The van der Waals surface area contributed by atoms with Gasteiger partial charge in [-0.25, -0.2) is 9.18 Å². The standard InChI is InChI=1S/C13H17FN2O2/c1-7-2-3-8(6-7)16-10-5-4-9(14)12(15)11(10)13(17)18/h4-5,7-8,16H,2-3,6,15H2,1H3,(H,17,18). The fourth-order valence-electron chi connectivity index (χ4n) is 2.50. The maximum Gasteiger partial charge on any atom is 0.340 e. The van der Waals surface area contributed by atoms with Crippen molar-refractivity contribution in [2.75, 3.05) is 11.1 Å². The molecule has 0 bridgehead atoms. The summed E-state index contributed by atoms with van der Waals surface area (Å²) >= 11 is 0. The van der Waals surface area contributed by atoms with Crippen molar-refractivity contribution in [3.8, 4) is 0 Å². The van der Waals surface area contributed by atoms with Crippen LogP contribution in [0.4, 0.5) is 15.8 Å². The average molecular weight is 252 g/mol. The number of nitrogens with two attached hydrogens (primary N) is 1. The molecule has 98 valence electrons. The third-order valence-corrected chi connectivity index (χ3v) is 3.46. The van der Waals surface area contributed by atoms with E-state index >= 15 is 0 Å². The molecule has 2 unspecified atom stereocenters. The predicted octanol–water partition coefficient (Wildman–Crippen LogP) is 2.71. The molecule has 18 heavy (non-hydrogen) atoms. The van der Waals surface area contributed by atoms with E-state index in [0.29, 0.717) is 11.6 Å². The number of hydrogen-bond donors (Lipinski definition) is 3. The second kappa shape index (κ2) is 4.84. The molecule has 1 aliphatic carbocycles. The van der Waals surface area contributed by atoms with Crippen molar-refractivity contribution in [1.82, 2.24) is 0 Å². The van der Waals surface area contributed by atoms with Gasteiger partial charge in [0.1, 0.15) is 11.4 Å². The number of aromatic carboxylic acids is 1. The molecule has 1 aromatic rings. The molecule has 1 aliphatic rings. The maximum absolute atomic E-state index is 13.3. The maximum atomic E-state index is 13.3. The molecule has 2 atom stereocenters. The Kier molecular flexibility index (Phi) is 3.41. The van der Waals surface area contributed by atoms with E-state index in [9.17, 15) is 9.18 Å². The SMILES string of the molecule is CC1CCC(Nc2ccc(F)c(N)c2C(=O)O)C1. The molecule has 0 aromatic heterocycles. The topological polar surface area (TPSA) is 75.3 Å². The fourth-order valence-corrected chi connectivity index (χ4v) is 2.50. The monoisotopic (exact) mass is 252 g/mol. The minimum Gasteiger partial charge on any atom is -0.478 e. The number of rotatable bonds is 3. The van der Waals surface area contributed by atoms with E-state index in [1.807, 2.05) is 0 Å². The summed E-state index contributed by atoms with van der Waals surface area (Å²) in [6, 6.07) is 2.88. The largest absolute Gasteiger partial charge is 0.478 e. The van der Waals surface area contributed by atoms with Gasteiger partial charge in [0.25, 0.3) is 0 Å². The predicted molar refractivity (Wildman–Crippen MR) is 68.2 cm³/mol. The number of hydrogen-bond acceptors (Lipinski definition) is 3. The second-order valence-corrected chi connectivity index (χ2v) is 4.95. The average Bonchev–Trinajstić information content (AvgIpc) is 2.69. The van der Waals surface area contributed by atoms with Crippen molar-refractivity contribution in [1.29, 1.82) is 0 Å². The molecule has 0 saturated heterocycles. The van der Waals surface area contributed by atoms with Crippen LogP contribution < -0.4 is 11.1 Å². The first-order valence-electron chi connectivity index (χ1n) is 6.07. The van der Waals surface area contributed by atoms with Crippen molar-refractivity contribution in [3.05, 3.63) is 23.5 Å². The Bertz CT molecular complexity index is 476. The van der Waals surface area contributed by atoms with Crippen LogP contribution in [0, 0.1) is 11.7 Å². The lowest BCUT2D eigenvalue weighted by molar-refractivity contribution is 0.0698.